The van der Waals surface area contributed by atoms with Gasteiger partial charge in [-0.1, -0.05) is 23.7 Å². The Kier molecular flexibility index (Phi) is 6.04. The first-order valence-corrected chi connectivity index (χ1v) is 11.5. The Morgan fingerprint density at radius 1 is 1.12 bits per heavy atom. The summed E-state index contributed by atoms with van der Waals surface area (Å²) >= 11 is 6.09. The van der Waals surface area contributed by atoms with Crippen molar-refractivity contribution in [3.8, 4) is 11.4 Å². The van der Waals surface area contributed by atoms with Crippen molar-refractivity contribution in [1.82, 2.24) is 19.1 Å². The fraction of sp³-hybridized carbons (Fsp3) is 0.286. The number of halogens is 1. The number of aliphatic imine (C=N–C) groups is 1. The lowest BCUT2D eigenvalue weighted by molar-refractivity contribution is 0.265. The molecule has 2 heterocycles. The van der Waals surface area contributed by atoms with Crippen LogP contribution in [0.2, 0.25) is 5.02 Å². The summed E-state index contributed by atoms with van der Waals surface area (Å²) in [5.41, 5.74) is 3.03. The number of methoxy groups -OCH3 is 1. The van der Waals surface area contributed by atoms with Gasteiger partial charge in [-0.05, 0) is 37.3 Å². The van der Waals surface area contributed by atoms with Crippen molar-refractivity contribution in [1.29, 1.82) is 0 Å². The zero-order chi connectivity index (χ0) is 23.0. The van der Waals surface area contributed by atoms with Gasteiger partial charge in [0.05, 0.1) is 25.1 Å². The summed E-state index contributed by atoms with van der Waals surface area (Å²) in [6.45, 7) is 1.59. The van der Waals surface area contributed by atoms with Gasteiger partial charge in [-0.15, -0.1) is 10.2 Å². The molecule has 32 heavy (non-hydrogen) atoms. The highest BCUT2D eigenvalue weighted by Crippen LogP contribution is 2.33. The van der Waals surface area contributed by atoms with Crippen molar-refractivity contribution in [2.75, 3.05) is 27.8 Å². The average Bonchev–Trinajstić information content (AvgIpc) is 3.08. The van der Waals surface area contributed by atoms with Crippen LogP contribution in [0.5, 0.6) is 5.75 Å². The minimum Gasteiger partial charge on any atom is -0.497 e. The van der Waals surface area contributed by atoms with Gasteiger partial charge in [0.2, 0.25) is 0 Å². The van der Waals surface area contributed by atoms with E-state index in [0.29, 0.717) is 28.1 Å². The number of aromatic nitrogens is 3. The zero-order valence-corrected chi connectivity index (χ0v) is 19.6. The number of benzene rings is 2. The Labute approximate surface area is 191 Å². The molecule has 0 bridgehead atoms. The number of ether oxygens (including phenoxy) is 1. The van der Waals surface area contributed by atoms with E-state index in [2.05, 4.69) is 10.2 Å². The monoisotopic (exact) mass is 475 g/mol. The maximum atomic E-state index is 12.2. The van der Waals surface area contributed by atoms with Crippen molar-refractivity contribution in [2.45, 2.75) is 13.0 Å². The molecule has 0 saturated carbocycles. The van der Waals surface area contributed by atoms with Crippen molar-refractivity contribution >= 4 is 27.6 Å². The minimum atomic E-state index is -3.90. The highest BCUT2D eigenvalue weighted by atomic mass is 35.5. The third-order valence-corrected chi connectivity index (χ3v) is 6.65. The average molecular weight is 476 g/mol. The Morgan fingerprint density at radius 3 is 2.50 bits per heavy atom. The van der Waals surface area contributed by atoms with E-state index in [9.17, 15) is 8.42 Å². The van der Waals surface area contributed by atoms with Crippen molar-refractivity contribution < 1.29 is 17.3 Å². The third kappa shape index (κ3) is 4.14. The lowest BCUT2D eigenvalue weighted by Crippen LogP contribution is -2.26. The largest absolute Gasteiger partial charge is 0.497 e. The van der Waals surface area contributed by atoms with Gasteiger partial charge in [-0.2, -0.15) is 12.7 Å². The van der Waals surface area contributed by atoms with Crippen LogP contribution in [0.25, 0.3) is 5.69 Å². The van der Waals surface area contributed by atoms with Gasteiger partial charge < -0.3 is 4.74 Å². The molecule has 9 nitrogen and oxygen atoms in total. The van der Waals surface area contributed by atoms with Crippen LogP contribution in [0.3, 0.4) is 0 Å². The molecular formula is C21H22ClN5O4S. The first-order chi connectivity index (χ1) is 15.2. The molecule has 0 spiro atoms. The first-order valence-electron chi connectivity index (χ1n) is 9.72. The molecule has 11 heteroatoms. The van der Waals surface area contributed by atoms with E-state index in [-0.39, 0.29) is 6.61 Å². The fourth-order valence-corrected chi connectivity index (χ4v) is 4.05. The summed E-state index contributed by atoms with van der Waals surface area (Å²) < 4.78 is 38.1. The number of hydrogen-bond donors (Lipinski definition) is 0. The predicted molar refractivity (Wildman–Crippen MR) is 121 cm³/mol. The van der Waals surface area contributed by atoms with E-state index < -0.39 is 16.3 Å². The summed E-state index contributed by atoms with van der Waals surface area (Å²) in [5, 5.41) is 9.09. The molecule has 1 aliphatic rings. The van der Waals surface area contributed by atoms with E-state index in [0.717, 1.165) is 21.1 Å². The summed E-state index contributed by atoms with van der Waals surface area (Å²) in [5.74, 6) is 1.77. The minimum absolute atomic E-state index is 0.235. The molecule has 0 fully saturated rings. The van der Waals surface area contributed by atoms with Crippen LogP contribution in [0.15, 0.2) is 47.5 Å². The Morgan fingerprint density at radius 2 is 1.84 bits per heavy atom. The molecule has 3 aromatic rings. The molecule has 1 aliphatic heterocycles. The standard InChI is InChI=1S/C21H22ClN5O4S/c1-13-24-25-21-18(12-31-32(28,29)26(2)3)23-20(14-5-7-15(22)8-6-14)17-11-16(30-4)9-10-19(17)27(13)21/h5-11,18H,12H2,1-4H3. The van der Waals surface area contributed by atoms with Gasteiger partial charge >= 0.3 is 10.3 Å². The summed E-state index contributed by atoms with van der Waals surface area (Å²) in [6.07, 6.45) is 0. The van der Waals surface area contributed by atoms with Gasteiger partial charge in [-0.3, -0.25) is 13.7 Å². The lowest BCUT2D eigenvalue weighted by Gasteiger charge is -2.15. The Hall–Kier alpha value is -2.79. The molecule has 0 aliphatic carbocycles. The normalized spacial score (nSPS) is 15.7. The number of aryl methyl sites for hydroxylation is 1. The SMILES string of the molecule is COc1ccc2c(c1)C(c1ccc(Cl)cc1)=NC(COS(=O)(=O)N(C)C)c1nnc(C)n1-2. The van der Waals surface area contributed by atoms with Crippen LogP contribution >= 0.6 is 11.6 Å². The second-order valence-electron chi connectivity index (χ2n) is 7.35. The third-order valence-electron chi connectivity index (χ3n) is 5.07. The van der Waals surface area contributed by atoms with Crippen LogP contribution in [0.4, 0.5) is 0 Å². The molecule has 0 saturated heterocycles. The zero-order valence-electron chi connectivity index (χ0n) is 18.0. The van der Waals surface area contributed by atoms with E-state index in [4.69, 9.17) is 25.5 Å². The number of rotatable bonds is 6. The van der Waals surface area contributed by atoms with Gasteiger partial charge in [-0.25, -0.2) is 0 Å². The number of hydrogen-bond acceptors (Lipinski definition) is 7. The van der Waals surface area contributed by atoms with Gasteiger partial charge in [0.15, 0.2) is 5.82 Å². The Bertz CT molecular complexity index is 1290. The van der Waals surface area contributed by atoms with Gasteiger partial charge in [0.1, 0.15) is 17.6 Å². The molecule has 168 valence electrons. The van der Waals surface area contributed by atoms with E-state index >= 15 is 0 Å². The van der Waals surface area contributed by atoms with Crippen molar-refractivity contribution in [2.24, 2.45) is 4.99 Å². The van der Waals surface area contributed by atoms with Crippen molar-refractivity contribution in [3.05, 3.63) is 70.3 Å². The fourth-order valence-electron chi connectivity index (χ4n) is 3.41. The topological polar surface area (TPSA) is 98.9 Å². The predicted octanol–water partition coefficient (Wildman–Crippen LogP) is 2.95. The van der Waals surface area contributed by atoms with Crippen molar-refractivity contribution in [3.63, 3.8) is 0 Å². The van der Waals surface area contributed by atoms with E-state index in [1.54, 1.807) is 19.2 Å². The van der Waals surface area contributed by atoms with Gasteiger partial charge in [0.25, 0.3) is 0 Å². The molecule has 1 atom stereocenters. The Balaban J connectivity index is 1.92. The number of nitrogens with zero attached hydrogens (tertiary/aromatic N) is 5. The molecule has 1 aromatic heterocycles. The molecule has 2 aromatic carbocycles. The van der Waals surface area contributed by atoms with Crippen LogP contribution in [0, 0.1) is 6.92 Å². The molecule has 4 rings (SSSR count). The maximum Gasteiger partial charge on any atom is 0.337 e. The molecular weight excluding hydrogens is 454 g/mol. The number of fused-ring (bicyclic) bond motifs is 3. The van der Waals surface area contributed by atoms with E-state index in [1.165, 1.54) is 14.1 Å². The van der Waals surface area contributed by atoms with Gasteiger partial charge in [0, 0.05) is 30.2 Å². The summed E-state index contributed by atoms with van der Waals surface area (Å²) in [7, 11) is 0.496. The summed E-state index contributed by atoms with van der Waals surface area (Å²) in [4.78, 5) is 4.90. The highest BCUT2D eigenvalue weighted by molar-refractivity contribution is 7.84. The second kappa shape index (κ2) is 8.62. The lowest BCUT2D eigenvalue weighted by atomic mass is 10.00. The smallest absolute Gasteiger partial charge is 0.337 e. The quantitative estimate of drug-likeness (QED) is 0.543. The van der Waals surface area contributed by atoms with Crippen LogP contribution in [-0.4, -0.2) is 61.0 Å². The highest BCUT2D eigenvalue weighted by Gasteiger charge is 2.30. The van der Waals surface area contributed by atoms with Crippen LogP contribution < -0.4 is 4.74 Å². The molecule has 0 amide bonds. The maximum absolute atomic E-state index is 12.2. The summed E-state index contributed by atoms with van der Waals surface area (Å²) in [6, 6.07) is 12.2. The molecule has 0 N–H and O–H groups in total. The molecule has 1 unspecified atom stereocenters. The van der Waals surface area contributed by atoms with Crippen LogP contribution in [-0.2, 0) is 14.5 Å². The van der Waals surface area contributed by atoms with Crippen LogP contribution in [0.1, 0.15) is 28.8 Å². The molecule has 0 radical (unpaired) electrons. The first kappa shape index (κ1) is 22.4. The van der Waals surface area contributed by atoms with E-state index in [1.807, 2.05) is 41.8 Å². The second-order valence-corrected chi connectivity index (χ2v) is 9.61.